The Balaban J connectivity index is 2.32. The lowest BCUT2D eigenvalue weighted by atomic mass is 10.2. The van der Waals surface area contributed by atoms with Gasteiger partial charge in [0.15, 0.2) is 0 Å². The number of hydrogen-bond acceptors (Lipinski definition) is 4. The van der Waals surface area contributed by atoms with Crippen LogP contribution in [-0.4, -0.2) is 23.5 Å². The van der Waals surface area contributed by atoms with Gasteiger partial charge in [-0.25, -0.2) is 0 Å². The summed E-state index contributed by atoms with van der Waals surface area (Å²) in [7, 11) is 0. The number of carbonyl (C=O) groups excluding carboxylic acids is 1. The summed E-state index contributed by atoms with van der Waals surface area (Å²) in [6.45, 7) is 0.0353. The monoisotopic (exact) mass is 274 g/mol. The number of hydrogen-bond donors (Lipinski definition) is 2. The molecule has 1 aromatic heterocycles. The summed E-state index contributed by atoms with van der Waals surface area (Å²) in [5.41, 5.74) is 7.10. The van der Waals surface area contributed by atoms with Crippen LogP contribution in [0.2, 0.25) is 0 Å². The molecule has 2 aromatic rings. The summed E-state index contributed by atoms with van der Waals surface area (Å²) in [6.07, 6.45) is 2.53. The maximum absolute atomic E-state index is 12.4. The second kappa shape index (κ2) is 5.92. The molecule has 0 saturated heterocycles. The fraction of sp³-hybridized carbons (Fsp3) is 0.143. The zero-order valence-electron chi connectivity index (χ0n) is 10.7. The third kappa shape index (κ3) is 2.97. The lowest BCUT2D eigenvalue weighted by Crippen LogP contribution is -2.33. The van der Waals surface area contributed by atoms with Gasteiger partial charge in [0.25, 0.3) is 5.91 Å². The molecule has 1 amide bonds. The minimum Gasteiger partial charge on any atom is -0.481 e. The van der Waals surface area contributed by atoms with Crippen molar-refractivity contribution < 1.29 is 19.1 Å². The van der Waals surface area contributed by atoms with Gasteiger partial charge in [-0.2, -0.15) is 0 Å². The minimum atomic E-state index is -0.982. The number of para-hydroxylation sites is 2. The van der Waals surface area contributed by atoms with Gasteiger partial charge < -0.3 is 20.2 Å². The first-order chi connectivity index (χ1) is 9.59. The third-order valence-corrected chi connectivity index (χ3v) is 2.79. The maximum Gasteiger partial charge on any atom is 0.305 e. The highest BCUT2D eigenvalue weighted by Crippen LogP contribution is 2.24. The molecule has 0 aliphatic heterocycles. The number of rotatable bonds is 5. The van der Waals surface area contributed by atoms with Gasteiger partial charge in [-0.05, 0) is 18.2 Å². The molecule has 0 saturated carbocycles. The molecule has 0 atom stereocenters. The van der Waals surface area contributed by atoms with Gasteiger partial charge in [-0.3, -0.25) is 9.59 Å². The Labute approximate surface area is 115 Å². The summed E-state index contributed by atoms with van der Waals surface area (Å²) in [6, 6.07) is 8.34. The number of benzene rings is 1. The Hall–Kier alpha value is -2.76. The van der Waals surface area contributed by atoms with Gasteiger partial charge in [0.1, 0.15) is 6.26 Å². The highest BCUT2D eigenvalue weighted by Gasteiger charge is 2.21. The van der Waals surface area contributed by atoms with E-state index in [2.05, 4.69) is 0 Å². The van der Waals surface area contributed by atoms with E-state index in [9.17, 15) is 9.59 Å². The molecule has 104 valence electrons. The lowest BCUT2D eigenvalue weighted by Gasteiger charge is -2.23. The van der Waals surface area contributed by atoms with Crippen molar-refractivity contribution >= 4 is 23.3 Å². The van der Waals surface area contributed by atoms with E-state index in [1.807, 2.05) is 0 Å². The van der Waals surface area contributed by atoms with Crippen molar-refractivity contribution in [3.05, 3.63) is 48.4 Å². The molecular weight excluding hydrogens is 260 g/mol. The summed E-state index contributed by atoms with van der Waals surface area (Å²) < 4.78 is 4.88. The zero-order valence-corrected chi connectivity index (χ0v) is 10.7. The molecule has 0 aliphatic carbocycles. The topological polar surface area (TPSA) is 96.8 Å². The number of carbonyl (C=O) groups is 2. The van der Waals surface area contributed by atoms with Crippen LogP contribution in [0.5, 0.6) is 0 Å². The molecule has 0 bridgehead atoms. The van der Waals surface area contributed by atoms with Crippen molar-refractivity contribution in [3.8, 4) is 0 Å². The normalized spacial score (nSPS) is 10.2. The van der Waals surface area contributed by atoms with Crippen LogP contribution >= 0.6 is 0 Å². The quantitative estimate of drug-likeness (QED) is 0.812. The van der Waals surface area contributed by atoms with E-state index < -0.39 is 5.97 Å². The minimum absolute atomic E-state index is 0.0353. The first-order valence-electron chi connectivity index (χ1n) is 6.00. The molecule has 2 rings (SSSR count). The molecular formula is C14H14N2O4. The largest absolute Gasteiger partial charge is 0.481 e. The molecule has 20 heavy (non-hydrogen) atoms. The average Bonchev–Trinajstić information content (AvgIpc) is 2.94. The van der Waals surface area contributed by atoms with Crippen molar-refractivity contribution in [2.75, 3.05) is 17.2 Å². The molecule has 0 radical (unpaired) electrons. The van der Waals surface area contributed by atoms with Gasteiger partial charge in [0.05, 0.1) is 29.6 Å². The summed E-state index contributed by atoms with van der Waals surface area (Å²) >= 11 is 0. The Morgan fingerprint density at radius 3 is 2.60 bits per heavy atom. The molecule has 0 fully saturated rings. The number of anilines is 2. The van der Waals surface area contributed by atoms with Gasteiger partial charge in [-0.1, -0.05) is 12.1 Å². The predicted molar refractivity (Wildman–Crippen MR) is 73.5 cm³/mol. The predicted octanol–water partition coefficient (Wildman–Crippen LogP) is 1.98. The number of nitrogens with zero attached hydrogens (tertiary/aromatic N) is 1. The van der Waals surface area contributed by atoms with Gasteiger partial charge >= 0.3 is 5.97 Å². The van der Waals surface area contributed by atoms with Crippen molar-refractivity contribution in [1.29, 1.82) is 0 Å². The smallest absolute Gasteiger partial charge is 0.305 e. The molecule has 6 nitrogen and oxygen atoms in total. The molecule has 3 N–H and O–H groups in total. The molecule has 0 aliphatic rings. The molecule has 6 heteroatoms. The highest BCUT2D eigenvalue weighted by atomic mass is 16.4. The summed E-state index contributed by atoms with van der Waals surface area (Å²) in [5.74, 6) is -1.33. The zero-order chi connectivity index (χ0) is 14.5. The van der Waals surface area contributed by atoms with E-state index in [1.165, 1.54) is 23.5 Å². The lowest BCUT2D eigenvalue weighted by molar-refractivity contribution is -0.136. The van der Waals surface area contributed by atoms with Crippen LogP contribution in [-0.2, 0) is 4.79 Å². The van der Waals surface area contributed by atoms with Crippen LogP contribution in [0.1, 0.15) is 16.8 Å². The van der Waals surface area contributed by atoms with Crippen LogP contribution in [0, 0.1) is 0 Å². The highest BCUT2D eigenvalue weighted by molar-refractivity contribution is 6.07. The number of furan rings is 1. The van der Waals surface area contributed by atoms with E-state index in [0.717, 1.165) is 0 Å². The van der Waals surface area contributed by atoms with Crippen molar-refractivity contribution in [1.82, 2.24) is 0 Å². The van der Waals surface area contributed by atoms with E-state index >= 15 is 0 Å². The van der Waals surface area contributed by atoms with Crippen molar-refractivity contribution in [2.24, 2.45) is 0 Å². The second-order valence-corrected chi connectivity index (χ2v) is 4.17. The molecule has 0 unspecified atom stereocenters. The maximum atomic E-state index is 12.4. The van der Waals surface area contributed by atoms with Gasteiger partial charge in [0.2, 0.25) is 0 Å². The number of aliphatic carboxylic acids is 1. The fourth-order valence-electron chi connectivity index (χ4n) is 1.81. The number of nitrogens with two attached hydrogens (primary N) is 1. The van der Waals surface area contributed by atoms with Gasteiger partial charge in [-0.15, -0.1) is 0 Å². The second-order valence-electron chi connectivity index (χ2n) is 4.17. The summed E-state index contributed by atoms with van der Waals surface area (Å²) in [4.78, 5) is 24.5. The van der Waals surface area contributed by atoms with Crippen LogP contribution < -0.4 is 10.6 Å². The average molecular weight is 274 g/mol. The first-order valence-corrected chi connectivity index (χ1v) is 6.00. The number of carboxylic acid groups (broad SMARTS) is 1. The van der Waals surface area contributed by atoms with E-state index in [1.54, 1.807) is 24.3 Å². The summed E-state index contributed by atoms with van der Waals surface area (Å²) in [5, 5.41) is 8.80. The Kier molecular flexibility index (Phi) is 4.05. The Morgan fingerprint density at radius 1 is 1.25 bits per heavy atom. The Morgan fingerprint density at radius 2 is 2.00 bits per heavy atom. The number of carboxylic acids is 1. The fourth-order valence-corrected chi connectivity index (χ4v) is 1.81. The van der Waals surface area contributed by atoms with E-state index in [-0.39, 0.29) is 18.9 Å². The van der Waals surface area contributed by atoms with Crippen LogP contribution in [0.15, 0.2) is 47.3 Å². The van der Waals surface area contributed by atoms with Crippen LogP contribution in [0.3, 0.4) is 0 Å². The third-order valence-electron chi connectivity index (χ3n) is 2.79. The van der Waals surface area contributed by atoms with E-state index in [4.69, 9.17) is 15.3 Å². The Bertz CT molecular complexity index is 607. The number of amides is 1. The SMILES string of the molecule is Nc1ccccc1N(CCC(=O)O)C(=O)c1ccoc1. The van der Waals surface area contributed by atoms with E-state index in [0.29, 0.717) is 16.9 Å². The molecule has 1 aromatic carbocycles. The molecule has 0 spiro atoms. The van der Waals surface area contributed by atoms with Crippen LogP contribution in [0.25, 0.3) is 0 Å². The molecule has 1 heterocycles. The van der Waals surface area contributed by atoms with Gasteiger partial charge in [0, 0.05) is 6.54 Å². The number of nitrogen functional groups attached to an aromatic ring is 1. The standard InChI is InChI=1S/C14H14N2O4/c15-11-3-1-2-4-12(11)16(7-5-13(17)18)14(19)10-6-8-20-9-10/h1-4,6,8-9H,5,7,15H2,(H,17,18). The van der Waals surface area contributed by atoms with Crippen molar-refractivity contribution in [3.63, 3.8) is 0 Å². The van der Waals surface area contributed by atoms with Crippen LogP contribution in [0.4, 0.5) is 11.4 Å². The van der Waals surface area contributed by atoms with Crippen molar-refractivity contribution in [2.45, 2.75) is 6.42 Å². The first kappa shape index (κ1) is 13.7.